The Morgan fingerprint density at radius 3 is 1.38 bits per heavy atom. The van der Waals surface area contributed by atoms with Gasteiger partial charge in [-0.2, -0.15) is 0 Å². The van der Waals surface area contributed by atoms with E-state index in [-0.39, 0.29) is 36.2 Å². The van der Waals surface area contributed by atoms with Gasteiger partial charge >= 0.3 is 11.9 Å². The largest absolute Gasteiger partial charge is 0.480 e. The highest BCUT2D eigenvalue weighted by Gasteiger charge is 2.22. The summed E-state index contributed by atoms with van der Waals surface area (Å²) in [7, 11) is 2.31. The van der Waals surface area contributed by atoms with Crippen LogP contribution in [0.1, 0.15) is 52.4 Å². The molecule has 26 heavy (non-hydrogen) atoms. The first kappa shape index (κ1) is 24.6. The van der Waals surface area contributed by atoms with Crippen LogP contribution in [0.25, 0.3) is 0 Å². The minimum Gasteiger partial charge on any atom is -0.480 e. The minimum atomic E-state index is -1.13. The molecule has 0 aromatic rings. The molecule has 0 aromatic heterocycles. The average molecular weight is 409 g/mol. The highest BCUT2D eigenvalue weighted by atomic mass is 33.1. The maximum atomic E-state index is 11.6. The van der Waals surface area contributed by atoms with Crippen LogP contribution in [-0.4, -0.2) is 57.6 Å². The molecule has 0 spiro atoms. The molecule has 0 saturated heterocycles. The fourth-order valence-electron chi connectivity index (χ4n) is 1.79. The number of rotatable bonds is 15. The van der Waals surface area contributed by atoms with E-state index in [1.54, 1.807) is 0 Å². The summed E-state index contributed by atoms with van der Waals surface area (Å²) in [5, 5.41) is 23.2. The van der Waals surface area contributed by atoms with Crippen molar-refractivity contribution < 1.29 is 29.4 Å². The average Bonchev–Trinajstić information content (AvgIpc) is 2.59. The van der Waals surface area contributed by atoms with Gasteiger partial charge in [0.2, 0.25) is 11.8 Å². The van der Waals surface area contributed by atoms with Crippen LogP contribution in [0.15, 0.2) is 0 Å². The molecule has 0 bridgehead atoms. The molecule has 0 aromatic carbocycles. The van der Waals surface area contributed by atoms with Gasteiger partial charge in [-0.1, -0.05) is 48.3 Å². The van der Waals surface area contributed by atoms with Crippen LogP contribution in [0.4, 0.5) is 0 Å². The molecule has 10 heteroatoms. The number of unbranched alkanes of at least 4 members (excludes halogenated alkanes) is 2. The van der Waals surface area contributed by atoms with Gasteiger partial charge in [0.1, 0.15) is 12.1 Å². The topological polar surface area (TPSA) is 133 Å². The maximum Gasteiger partial charge on any atom is 0.327 e. The molecule has 0 fully saturated rings. The molecule has 0 aliphatic rings. The standard InChI is InChI=1S/C16H28N2O6S2/c1-3-5-7-13(19)17-11(15(21)22)9-25-26-10-12(16(23)24)18-14(20)8-6-4-2/h11-12H,3-10H2,1-2H3,(H,17,19)(H,18,20)(H,21,22)(H,23,24)/t11-,12?/m0/s1. The van der Waals surface area contributed by atoms with Crippen molar-refractivity contribution in [3.63, 3.8) is 0 Å². The van der Waals surface area contributed by atoms with Crippen molar-refractivity contribution in [2.75, 3.05) is 11.5 Å². The van der Waals surface area contributed by atoms with E-state index in [9.17, 15) is 19.2 Å². The molecule has 2 atom stereocenters. The molecule has 0 radical (unpaired) electrons. The SMILES string of the molecule is CCCCC(=O)NC(CSSC[C@H](NC(=O)CCCC)C(=O)O)C(=O)O. The van der Waals surface area contributed by atoms with Crippen LogP contribution < -0.4 is 10.6 Å². The molecule has 150 valence electrons. The van der Waals surface area contributed by atoms with Crippen molar-refractivity contribution in [3.8, 4) is 0 Å². The summed E-state index contributed by atoms with van der Waals surface area (Å²) in [5.74, 6) is -2.67. The second kappa shape index (κ2) is 14.7. The van der Waals surface area contributed by atoms with Crippen LogP contribution in [0.2, 0.25) is 0 Å². The van der Waals surface area contributed by atoms with E-state index in [0.717, 1.165) is 34.4 Å². The number of nitrogens with one attached hydrogen (secondary N) is 2. The maximum absolute atomic E-state index is 11.6. The third kappa shape index (κ3) is 12.0. The van der Waals surface area contributed by atoms with Gasteiger partial charge in [0.05, 0.1) is 0 Å². The van der Waals surface area contributed by atoms with Gasteiger partial charge in [0.15, 0.2) is 0 Å². The molecule has 8 nitrogen and oxygen atoms in total. The van der Waals surface area contributed by atoms with Gasteiger partial charge in [0, 0.05) is 24.3 Å². The first-order chi connectivity index (χ1) is 12.3. The number of carboxylic acid groups (broad SMARTS) is 2. The fourth-order valence-corrected chi connectivity index (χ4v) is 4.10. The zero-order valence-corrected chi connectivity index (χ0v) is 16.8. The van der Waals surface area contributed by atoms with Gasteiger partial charge in [-0.25, -0.2) is 9.59 Å². The lowest BCUT2D eigenvalue weighted by Crippen LogP contribution is -2.43. The first-order valence-electron chi connectivity index (χ1n) is 8.60. The number of amides is 2. The van der Waals surface area contributed by atoms with Gasteiger partial charge < -0.3 is 20.8 Å². The van der Waals surface area contributed by atoms with E-state index in [4.69, 9.17) is 10.2 Å². The molecule has 2 amide bonds. The van der Waals surface area contributed by atoms with Gasteiger partial charge in [-0.3, -0.25) is 9.59 Å². The van der Waals surface area contributed by atoms with E-state index in [1.165, 1.54) is 0 Å². The molecule has 0 saturated carbocycles. The van der Waals surface area contributed by atoms with Crippen molar-refractivity contribution in [1.82, 2.24) is 10.6 Å². The van der Waals surface area contributed by atoms with E-state index in [2.05, 4.69) is 10.6 Å². The monoisotopic (exact) mass is 408 g/mol. The molecule has 0 rings (SSSR count). The van der Waals surface area contributed by atoms with Crippen molar-refractivity contribution >= 4 is 45.3 Å². The van der Waals surface area contributed by atoms with Crippen LogP contribution in [0.5, 0.6) is 0 Å². The summed E-state index contributed by atoms with van der Waals surface area (Å²) in [6.07, 6.45) is 3.63. The summed E-state index contributed by atoms with van der Waals surface area (Å²) in [6, 6.07) is -2.06. The van der Waals surface area contributed by atoms with Gasteiger partial charge in [-0.05, 0) is 12.8 Å². The predicted molar refractivity (Wildman–Crippen MR) is 103 cm³/mol. The molecule has 0 aliphatic heterocycles. The Kier molecular flexibility index (Phi) is 13.9. The lowest BCUT2D eigenvalue weighted by Gasteiger charge is -2.16. The summed E-state index contributed by atoms with van der Waals surface area (Å²) in [6.45, 7) is 3.88. The fraction of sp³-hybridized carbons (Fsp3) is 0.750. The van der Waals surface area contributed by atoms with Crippen molar-refractivity contribution in [1.29, 1.82) is 0 Å². The Labute approximate surface area is 161 Å². The number of hydrogen-bond donors (Lipinski definition) is 4. The Hall–Kier alpha value is -1.42. The molecular weight excluding hydrogens is 380 g/mol. The lowest BCUT2D eigenvalue weighted by molar-refractivity contribution is -0.141. The third-order valence-corrected chi connectivity index (χ3v) is 5.76. The molecule has 0 aliphatic carbocycles. The second-order valence-corrected chi connectivity index (χ2v) is 8.25. The zero-order valence-electron chi connectivity index (χ0n) is 15.2. The van der Waals surface area contributed by atoms with Crippen molar-refractivity contribution in [2.24, 2.45) is 0 Å². The third-order valence-electron chi connectivity index (χ3n) is 3.33. The van der Waals surface area contributed by atoms with Gasteiger partial charge in [0.25, 0.3) is 0 Å². The Bertz CT molecular complexity index is 434. The van der Waals surface area contributed by atoms with Crippen LogP contribution in [0.3, 0.4) is 0 Å². The highest BCUT2D eigenvalue weighted by molar-refractivity contribution is 8.76. The zero-order chi connectivity index (χ0) is 19.9. The van der Waals surface area contributed by atoms with Crippen molar-refractivity contribution in [2.45, 2.75) is 64.5 Å². The number of carboxylic acids is 2. The summed E-state index contributed by atoms with van der Waals surface area (Å²) < 4.78 is 0. The first-order valence-corrected chi connectivity index (χ1v) is 11.1. The lowest BCUT2D eigenvalue weighted by atomic mass is 10.2. The minimum absolute atomic E-state index is 0.105. The van der Waals surface area contributed by atoms with Gasteiger partial charge in [-0.15, -0.1) is 0 Å². The van der Waals surface area contributed by atoms with E-state index in [1.807, 2.05) is 13.8 Å². The highest BCUT2D eigenvalue weighted by Crippen LogP contribution is 2.23. The quantitative estimate of drug-likeness (QED) is 0.238. The molecule has 4 N–H and O–H groups in total. The number of carbonyl (C=O) groups is 4. The summed E-state index contributed by atoms with van der Waals surface area (Å²) >= 11 is 0. The second-order valence-electron chi connectivity index (χ2n) is 5.69. The molecular formula is C16H28N2O6S2. The van der Waals surface area contributed by atoms with Crippen LogP contribution >= 0.6 is 21.6 Å². The Morgan fingerprint density at radius 2 is 1.12 bits per heavy atom. The number of aliphatic carboxylic acids is 2. The summed E-state index contributed by atoms with van der Waals surface area (Å²) in [4.78, 5) is 45.7. The van der Waals surface area contributed by atoms with Crippen molar-refractivity contribution in [3.05, 3.63) is 0 Å². The Balaban J connectivity index is 4.29. The van der Waals surface area contributed by atoms with Crippen LogP contribution in [-0.2, 0) is 19.2 Å². The smallest absolute Gasteiger partial charge is 0.327 e. The Morgan fingerprint density at radius 1 is 0.769 bits per heavy atom. The van der Waals surface area contributed by atoms with E-state index < -0.39 is 24.0 Å². The normalized spacial score (nSPS) is 12.8. The predicted octanol–water partition coefficient (Wildman–Crippen LogP) is 1.89. The summed E-state index contributed by atoms with van der Waals surface area (Å²) in [5.41, 5.74) is 0. The number of hydrogen-bond acceptors (Lipinski definition) is 6. The van der Waals surface area contributed by atoms with E-state index >= 15 is 0 Å². The van der Waals surface area contributed by atoms with E-state index in [0.29, 0.717) is 12.8 Å². The molecule has 0 heterocycles. The molecule has 1 unspecified atom stereocenters. The number of carbonyl (C=O) groups excluding carboxylic acids is 2. The van der Waals surface area contributed by atoms with Crippen LogP contribution in [0, 0.1) is 0 Å².